The first-order chi connectivity index (χ1) is 11.7. The Hall–Kier alpha value is -1.13. The quantitative estimate of drug-likeness (QED) is 0.462. The highest BCUT2D eigenvalue weighted by Crippen LogP contribution is 2.73. The van der Waals surface area contributed by atoms with E-state index in [9.17, 15) is 0 Å². The van der Waals surface area contributed by atoms with Gasteiger partial charge in [0.05, 0.1) is 0 Å². The van der Waals surface area contributed by atoms with Gasteiger partial charge in [0.1, 0.15) is 0 Å². The Morgan fingerprint density at radius 2 is 0.880 bits per heavy atom. The van der Waals surface area contributed by atoms with Gasteiger partial charge in [-0.2, -0.15) is 0 Å². The van der Waals surface area contributed by atoms with E-state index >= 15 is 0 Å². The molecule has 3 rings (SSSR count). The van der Waals surface area contributed by atoms with Gasteiger partial charge in [0.15, 0.2) is 0 Å². The summed E-state index contributed by atoms with van der Waals surface area (Å²) in [4.78, 5) is 0. The van der Waals surface area contributed by atoms with Gasteiger partial charge in [-0.1, -0.05) is 100 Å². The van der Waals surface area contributed by atoms with Crippen LogP contribution in [0.4, 0.5) is 0 Å². The van der Waals surface area contributed by atoms with E-state index in [2.05, 4.69) is 96.2 Å². The fourth-order valence-electron chi connectivity index (χ4n) is 4.69. The van der Waals surface area contributed by atoms with Gasteiger partial charge in [0, 0.05) is 15.5 Å². The lowest BCUT2D eigenvalue weighted by atomic mass is 9.96. The normalized spacial score (nSPS) is 38.9. The van der Waals surface area contributed by atoms with Crippen molar-refractivity contribution >= 4 is 7.92 Å². The first-order valence-electron chi connectivity index (χ1n) is 9.55. The maximum atomic E-state index is 2.53. The van der Waals surface area contributed by atoms with Crippen LogP contribution in [0.1, 0.15) is 60.8 Å². The number of hydrogen-bond donors (Lipinski definition) is 0. The Morgan fingerprint density at radius 1 is 0.600 bits per heavy atom. The molecule has 0 aromatic carbocycles. The van der Waals surface area contributed by atoms with Gasteiger partial charge in [0.2, 0.25) is 0 Å². The Labute approximate surface area is 155 Å². The summed E-state index contributed by atoms with van der Waals surface area (Å²) in [6.45, 7) is 14.2. The molecule has 0 spiro atoms. The average Bonchev–Trinajstić information content (AvgIpc) is 2.57. The van der Waals surface area contributed by atoms with Gasteiger partial charge in [-0.25, -0.2) is 0 Å². The average molecular weight is 353 g/mol. The van der Waals surface area contributed by atoms with Gasteiger partial charge < -0.3 is 0 Å². The monoisotopic (exact) mass is 352 g/mol. The summed E-state index contributed by atoms with van der Waals surface area (Å²) in [5.41, 5.74) is 4.23. The van der Waals surface area contributed by atoms with Crippen molar-refractivity contribution < 1.29 is 0 Å². The molecule has 3 atom stereocenters. The first-order valence-corrected chi connectivity index (χ1v) is 10.9. The zero-order valence-corrected chi connectivity index (χ0v) is 17.7. The summed E-state index contributed by atoms with van der Waals surface area (Å²) in [6, 6.07) is 0. The van der Waals surface area contributed by atoms with Crippen molar-refractivity contribution in [1.29, 1.82) is 0 Å². The molecule has 0 N–H and O–H groups in total. The van der Waals surface area contributed by atoms with Crippen molar-refractivity contribution in [2.24, 2.45) is 0 Å². The minimum atomic E-state index is -0.313. The molecule has 0 aliphatic heterocycles. The molecule has 0 amide bonds. The zero-order valence-electron chi connectivity index (χ0n) is 16.8. The second-order valence-electron chi connectivity index (χ2n) is 8.86. The van der Waals surface area contributed by atoms with E-state index in [0.29, 0.717) is 0 Å². The van der Waals surface area contributed by atoms with Crippen molar-refractivity contribution in [2.75, 3.05) is 0 Å². The number of hydrogen-bond acceptors (Lipinski definition) is 0. The standard InChI is InChI=1S/C24H33P/c1-19-7-13-22(4,14-8-19)25(23(5)15-9-20(2)10-16-23)24(6)17-11-21(3)12-18-24/h7-13,15,17H,14,16,18H2,1-6H3. The predicted molar refractivity (Wildman–Crippen MR) is 115 cm³/mol. The van der Waals surface area contributed by atoms with E-state index in [0.717, 1.165) is 0 Å². The van der Waals surface area contributed by atoms with Crippen LogP contribution >= 0.6 is 7.92 Å². The summed E-state index contributed by atoms with van der Waals surface area (Å²) in [7, 11) is -0.313. The molecule has 1 heteroatoms. The van der Waals surface area contributed by atoms with Crippen LogP contribution in [-0.4, -0.2) is 15.5 Å². The van der Waals surface area contributed by atoms with Gasteiger partial charge >= 0.3 is 0 Å². The second-order valence-corrected chi connectivity index (χ2v) is 12.6. The molecule has 25 heavy (non-hydrogen) atoms. The third-order valence-corrected chi connectivity index (χ3v) is 10.2. The second kappa shape index (κ2) is 6.55. The molecule has 3 aliphatic carbocycles. The molecule has 0 fully saturated rings. The topological polar surface area (TPSA) is 0 Å². The highest BCUT2D eigenvalue weighted by atomic mass is 31.1. The smallest absolute Gasteiger partial charge is 0.0109 e. The van der Waals surface area contributed by atoms with Crippen molar-refractivity contribution in [3.63, 3.8) is 0 Å². The lowest BCUT2D eigenvalue weighted by Crippen LogP contribution is -2.42. The Kier molecular flexibility index (Phi) is 4.89. The largest absolute Gasteiger partial charge is 0.0804 e. The Balaban J connectivity index is 2.06. The number of rotatable bonds is 3. The highest BCUT2D eigenvalue weighted by Gasteiger charge is 2.51. The van der Waals surface area contributed by atoms with Crippen LogP contribution in [0.3, 0.4) is 0 Å². The minimum absolute atomic E-state index is 0.241. The molecule has 0 saturated carbocycles. The van der Waals surface area contributed by atoms with E-state index in [1.165, 1.54) is 36.0 Å². The molecule has 0 nitrogen and oxygen atoms in total. The van der Waals surface area contributed by atoms with Gasteiger partial charge in [0.25, 0.3) is 0 Å². The lowest BCUT2D eigenvalue weighted by molar-refractivity contribution is 0.646. The van der Waals surface area contributed by atoms with Gasteiger partial charge in [-0.3, -0.25) is 0 Å². The summed E-state index contributed by atoms with van der Waals surface area (Å²) in [5, 5.41) is 0.724. The predicted octanol–water partition coefficient (Wildman–Crippen LogP) is 7.46. The summed E-state index contributed by atoms with van der Waals surface area (Å²) in [6.07, 6.45) is 25.5. The Bertz CT molecular complexity index is 629. The van der Waals surface area contributed by atoms with Crippen LogP contribution in [0.5, 0.6) is 0 Å². The molecular weight excluding hydrogens is 319 g/mol. The molecular formula is C24H33P. The highest BCUT2D eigenvalue weighted by molar-refractivity contribution is 7.63. The third-order valence-electron chi connectivity index (χ3n) is 6.16. The van der Waals surface area contributed by atoms with Gasteiger partial charge in [-0.05, 0) is 40.0 Å². The lowest BCUT2D eigenvalue weighted by Gasteiger charge is -2.55. The fourth-order valence-corrected chi connectivity index (χ4v) is 9.69. The zero-order chi connectivity index (χ0) is 18.3. The van der Waals surface area contributed by atoms with Crippen LogP contribution in [0.2, 0.25) is 0 Å². The molecule has 134 valence electrons. The molecule has 3 unspecified atom stereocenters. The SMILES string of the molecule is CC1=CCC(C)(P(C2(C)C=CC(C)=CC2)C2(C)C=CC(C)=CC2)C=C1. The molecule has 0 bridgehead atoms. The summed E-state index contributed by atoms with van der Waals surface area (Å²) >= 11 is 0. The minimum Gasteiger partial charge on any atom is -0.0804 e. The van der Waals surface area contributed by atoms with E-state index in [1.54, 1.807) is 0 Å². The van der Waals surface area contributed by atoms with Crippen LogP contribution in [0, 0.1) is 0 Å². The van der Waals surface area contributed by atoms with Crippen LogP contribution in [-0.2, 0) is 0 Å². The molecule has 3 aliphatic rings. The molecule has 0 heterocycles. The third kappa shape index (κ3) is 3.56. The molecule has 0 aromatic rings. The molecule has 0 aromatic heterocycles. The van der Waals surface area contributed by atoms with Crippen LogP contribution in [0.15, 0.2) is 71.4 Å². The Morgan fingerprint density at radius 3 is 1.08 bits per heavy atom. The van der Waals surface area contributed by atoms with E-state index < -0.39 is 0 Å². The molecule has 0 radical (unpaired) electrons. The molecule has 0 saturated heterocycles. The maximum Gasteiger partial charge on any atom is 0.0109 e. The maximum absolute atomic E-state index is 2.53. The van der Waals surface area contributed by atoms with E-state index in [4.69, 9.17) is 0 Å². The number of allylic oxidation sites excluding steroid dienone is 12. The van der Waals surface area contributed by atoms with E-state index in [1.807, 2.05) is 0 Å². The van der Waals surface area contributed by atoms with Crippen LogP contribution < -0.4 is 0 Å². The van der Waals surface area contributed by atoms with Crippen molar-refractivity contribution in [2.45, 2.75) is 76.3 Å². The summed E-state index contributed by atoms with van der Waals surface area (Å²) < 4.78 is 0. The first kappa shape index (κ1) is 18.7. The van der Waals surface area contributed by atoms with Gasteiger partial charge in [-0.15, -0.1) is 0 Å². The van der Waals surface area contributed by atoms with Crippen molar-refractivity contribution in [3.05, 3.63) is 71.4 Å². The van der Waals surface area contributed by atoms with E-state index in [-0.39, 0.29) is 23.4 Å². The fraction of sp³-hybridized carbons (Fsp3) is 0.500. The van der Waals surface area contributed by atoms with Crippen molar-refractivity contribution in [1.82, 2.24) is 0 Å². The summed E-state index contributed by atoms with van der Waals surface area (Å²) in [5.74, 6) is 0. The van der Waals surface area contributed by atoms with Crippen LogP contribution in [0.25, 0.3) is 0 Å². The van der Waals surface area contributed by atoms with Crippen molar-refractivity contribution in [3.8, 4) is 0 Å².